The number of nitrogens with one attached hydrogen (secondary N) is 2. The highest BCUT2D eigenvalue weighted by molar-refractivity contribution is 7.90. The molecule has 0 heterocycles. The van der Waals surface area contributed by atoms with Gasteiger partial charge in [-0.3, -0.25) is 4.79 Å². The minimum Gasteiger partial charge on any atom is -0.322 e. The lowest BCUT2D eigenvalue weighted by Gasteiger charge is -2.22. The maximum atomic E-state index is 12.2. The monoisotopic (exact) mass is 386 g/mol. The standard InChI is InChI=1S/C21H26N2O3S/c1-15(2)27(25,26)23-20-10-6-9-19(20)16-11-13-18(14-12-16)22-21(24)17-7-4-3-5-8-17/h3-5,7-8,11-15,19-20,23H,6,9-10H2,1-2H3,(H,22,24)/t19-,20-/m1/s1. The van der Waals surface area contributed by atoms with Gasteiger partial charge >= 0.3 is 0 Å². The topological polar surface area (TPSA) is 75.3 Å². The van der Waals surface area contributed by atoms with Crippen molar-refractivity contribution in [2.24, 2.45) is 0 Å². The number of rotatable bonds is 6. The maximum Gasteiger partial charge on any atom is 0.255 e. The normalized spacial score (nSPS) is 20.0. The summed E-state index contributed by atoms with van der Waals surface area (Å²) < 4.78 is 27.3. The molecule has 1 aliphatic carbocycles. The summed E-state index contributed by atoms with van der Waals surface area (Å²) in [6, 6.07) is 16.7. The van der Waals surface area contributed by atoms with Crippen molar-refractivity contribution in [3.05, 3.63) is 65.7 Å². The van der Waals surface area contributed by atoms with Gasteiger partial charge in [-0.25, -0.2) is 13.1 Å². The lowest BCUT2D eigenvalue weighted by molar-refractivity contribution is 0.102. The summed E-state index contributed by atoms with van der Waals surface area (Å²) in [7, 11) is -3.28. The summed E-state index contributed by atoms with van der Waals surface area (Å²) in [6.45, 7) is 3.38. The van der Waals surface area contributed by atoms with Crippen LogP contribution in [0.25, 0.3) is 0 Å². The number of hydrogen-bond acceptors (Lipinski definition) is 3. The van der Waals surface area contributed by atoms with Gasteiger partial charge in [0.25, 0.3) is 5.91 Å². The molecule has 0 spiro atoms. The Balaban J connectivity index is 1.68. The Morgan fingerprint density at radius 3 is 2.30 bits per heavy atom. The number of sulfonamides is 1. The van der Waals surface area contributed by atoms with E-state index in [1.54, 1.807) is 26.0 Å². The van der Waals surface area contributed by atoms with Crippen LogP contribution in [0.5, 0.6) is 0 Å². The third-order valence-corrected chi connectivity index (χ3v) is 6.96. The maximum absolute atomic E-state index is 12.2. The Hall–Kier alpha value is -2.18. The van der Waals surface area contributed by atoms with Crippen LogP contribution >= 0.6 is 0 Å². The molecule has 0 aliphatic heterocycles. The van der Waals surface area contributed by atoms with Crippen LogP contribution in [0.1, 0.15) is 54.9 Å². The number of carbonyl (C=O) groups excluding carboxylic acids is 1. The molecular formula is C21H26N2O3S. The highest BCUT2D eigenvalue weighted by Gasteiger charge is 2.32. The largest absolute Gasteiger partial charge is 0.322 e. The van der Waals surface area contributed by atoms with E-state index in [1.807, 2.05) is 42.5 Å². The van der Waals surface area contributed by atoms with Crippen molar-refractivity contribution >= 4 is 21.6 Å². The van der Waals surface area contributed by atoms with Crippen LogP contribution in [0.3, 0.4) is 0 Å². The SMILES string of the molecule is CC(C)S(=O)(=O)N[C@@H]1CCC[C@@H]1c1ccc(NC(=O)c2ccccc2)cc1. The summed E-state index contributed by atoms with van der Waals surface area (Å²) in [4.78, 5) is 12.2. The van der Waals surface area contributed by atoms with Crippen molar-refractivity contribution in [1.29, 1.82) is 0 Å². The van der Waals surface area contributed by atoms with E-state index in [9.17, 15) is 13.2 Å². The summed E-state index contributed by atoms with van der Waals surface area (Å²) in [6.07, 6.45) is 2.81. The fourth-order valence-corrected chi connectivity index (χ4v) is 4.43. The second kappa shape index (κ2) is 8.23. The van der Waals surface area contributed by atoms with E-state index in [2.05, 4.69) is 10.0 Å². The van der Waals surface area contributed by atoms with Crippen LogP contribution in [-0.4, -0.2) is 25.6 Å². The predicted octanol–water partition coefficient (Wildman–Crippen LogP) is 3.90. The molecule has 0 saturated heterocycles. The average Bonchev–Trinajstić information content (AvgIpc) is 3.10. The zero-order valence-corrected chi connectivity index (χ0v) is 16.5. The highest BCUT2D eigenvalue weighted by atomic mass is 32.2. The summed E-state index contributed by atoms with van der Waals surface area (Å²) in [5.41, 5.74) is 2.44. The molecule has 2 N–H and O–H groups in total. The lowest BCUT2D eigenvalue weighted by atomic mass is 9.94. The van der Waals surface area contributed by atoms with Crippen LogP contribution in [-0.2, 0) is 10.0 Å². The Labute approximate surface area is 161 Å². The van der Waals surface area contributed by atoms with E-state index < -0.39 is 15.3 Å². The molecule has 1 aliphatic rings. The molecule has 2 aromatic rings. The van der Waals surface area contributed by atoms with Gasteiger partial charge in [0.05, 0.1) is 5.25 Å². The molecule has 0 radical (unpaired) electrons. The molecule has 2 aromatic carbocycles. The van der Waals surface area contributed by atoms with Crippen LogP contribution in [0.15, 0.2) is 54.6 Å². The van der Waals surface area contributed by atoms with Gasteiger partial charge in [-0.05, 0) is 56.5 Å². The third-order valence-electron chi connectivity index (χ3n) is 5.08. The first kappa shape index (κ1) is 19.6. The van der Waals surface area contributed by atoms with E-state index in [1.165, 1.54) is 0 Å². The van der Waals surface area contributed by atoms with Crippen LogP contribution in [0.4, 0.5) is 5.69 Å². The summed E-state index contributed by atoms with van der Waals surface area (Å²) in [5, 5.41) is 2.45. The average molecular weight is 387 g/mol. The molecule has 1 amide bonds. The Kier molecular flexibility index (Phi) is 5.97. The minimum atomic E-state index is -3.28. The van der Waals surface area contributed by atoms with Crippen molar-refractivity contribution in [3.63, 3.8) is 0 Å². The summed E-state index contributed by atoms with van der Waals surface area (Å²) in [5.74, 6) is 0.0178. The minimum absolute atomic E-state index is 0.0674. The first-order valence-corrected chi connectivity index (χ1v) is 10.9. The molecule has 6 heteroatoms. The van der Waals surface area contributed by atoms with Crippen molar-refractivity contribution in [2.45, 2.75) is 50.3 Å². The van der Waals surface area contributed by atoms with Crippen molar-refractivity contribution < 1.29 is 13.2 Å². The van der Waals surface area contributed by atoms with Crippen molar-refractivity contribution in [1.82, 2.24) is 4.72 Å². The van der Waals surface area contributed by atoms with Gasteiger partial charge in [-0.2, -0.15) is 0 Å². The molecule has 0 unspecified atom stereocenters. The van der Waals surface area contributed by atoms with Gasteiger partial charge in [0, 0.05) is 23.2 Å². The molecular weight excluding hydrogens is 360 g/mol. The number of hydrogen-bond donors (Lipinski definition) is 2. The van der Waals surface area contributed by atoms with E-state index in [0.29, 0.717) is 5.56 Å². The fraction of sp³-hybridized carbons (Fsp3) is 0.381. The fourth-order valence-electron chi connectivity index (χ4n) is 3.45. The number of anilines is 1. The second-order valence-corrected chi connectivity index (χ2v) is 9.57. The van der Waals surface area contributed by atoms with E-state index >= 15 is 0 Å². The Morgan fingerprint density at radius 1 is 1.00 bits per heavy atom. The van der Waals surface area contributed by atoms with Gasteiger partial charge in [0.2, 0.25) is 10.0 Å². The van der Waals surface area contributed by atoms with Crippen molar-refractivity contribution in [2.75, 3.05) is 5.32 Å². The van der Waals surface area contributed by atoms with E-state index in [-0.39, 0.29) is 17.9 Å². The zero-order valence-electron chi connectivity index (χ0n) is 15.7. The molecule has 1 saturated carbocycles. The quantitative estimate of drug-likeness (QED) is 0.790. The summed E-state index contributed by atoms with van der Waals surface area (Å²) >= 11 is 0. The first-order chi connectivity index (χ1) is 12.9. The number of amides is 1. The van der Waals surface area contributed by atoms with Crippen LogP contribution in [0, 0.1) is 0 Å². The third kappa shape index (κ3) is 4.76. The van der Waals surface area contributed by atoms with Gasteiger partial charge in [-0.15, -0.1) is 0 Å². The molecule has 1 fully saturated rings. The van der Waals surface area contributed by atoms with E-state index in [4.69, 9.17) is 0 Å². The van der Waals surface area contributed by atoms with Crippen LogP contribution < -0.4 is 10.0 Å². The molecule has 0 bridgehead atoms. The lowest BCUT2D eigenvalue weighted by Crippen LogP contribution is -2.40. The van der Waals surface area contributed by atoms with Gasteiger partial charge in [0.15, 0.2) is 0 Å². The predicted molar refractivity (Wildman–Crippen MR) is 108 cm³/mol. The van der Waals surface area contributed by atoms with Gasteiger partial charge < -0.3 is 5.32 Å². The van der Waals surface area contributed by atoms with E-state index in [0.717, 1.165) is 30.5 Å². The molecule has 0 aromatic heterocycles. The van der Waals surface area contributed by atoms with Gasteiger partial charge in [0.1, 0.15) is 0 Å². The molecule has 3 rings (SSSR count). The zero-order chi connectivity index (χ0) is 19.4. The first-order valence-electron chi connectivity index (χ1n) is 9.34. The highest BCUT2D eigenvalue weighted by Crippen LogP contribution is 2.35. The molecule has 144 valence electrons. The second-order valence-electron chi connectivity index (χ2n) is 7.30. The molecule has 2 atom stereocenters. The smallest absolute Gasteiger partial charge is 0.255 e. The van der Waals surface area contributed by atoms with Crippen LogP contribution in [0.2, 0.25) is 0 Å². The number of benzene rings is 2. The van der Waals surface area contributed by atoms with Crippen molar-refractivity contribution in [3.8, 4) is 0 Å². The van der Waals surface area contributed by atoms with Gasteiger partial charge in [-0.1, -0.05) is 36.8 Å². The number of carbonyl (C=O) groups is 1. The molecule has 5 nitrogen and oxygen atoms in total. The Bertz CT molecular complexity index is 877. The molecule has 27 heavy (non-hydrogen) atoms. The Morgan fingerprint density at radius 2 is 1.67 bits per heavy atom.